The van der Waals surface area contributed by atoms with Crippen LogP contribution >= 0.6 is 0 Å². The first-order valence-electron chi connectivity index (χ1n) is 6.31. The smallest absolute Gasteiger partial charge is 0.338 e. The molecule has 0 aliphatic heterocycles. The number of benzene rings is 2. The van der Waals surface area contributed by atoms with Gasteiger partial charge in [-0.05, 0) is 47.3 Å². The Balaban J connectivity index is 2.00. The van der Waals surface area contributed by atoms with Crippen LogP contribution in [0.4, 0.5) is 8.78 Å². The van der Waals surface area contributed by atoms with Gasteiger partial charge in [0.15, 0.2) is 0 Å². The second-order valence-corrected chi connectivity index (χ2v) is 4.77. The van der Waals surface area contributed by atoms with Gasteiger partial charge in [0, 0.05) is 12.7 Å². The maximum Gasteiger partial charge on any atom is 0.338 e. The average molecular weight is 287 g/mol. The Kier molecular flexibility index (Phi) is 3.17. The van der Waals surface area contributed by atoms with E-state index in [1.165, 1.54) is 24.3 Å². The van der Waals surface area contributed by atoms with Crippen LogP contribution in [0.3, 0.4) is 0 Å². The highest BCUT2D eigenvalue weighted by Gasteiger charge is 2.11. The van der Waals surface area contributed by atoms with Gasteiger partial charge in [-0.3, -0.25) is 0 Å². The summed E-state index contributed by atoms with van der Waals surface area (Å²) < 4.78 is 28.5. The Morgan fingerprint density at radius 3 is 2.67 bits per heavy atom. The summed E-state index contributed by atoms with van der Waals surface area (Å²) in [6.45, 7) is 0.341. The number of carboxylic acid groups (broad SMARTS) is 1. The van der Waals surface area contributed by atoms with Gasteiger partial charge in [0.05, 0.1) is 11.1 Å². The lowest BCUT2D eigenvalue weighted by Gasteiger charge is -2.07. The predicted octanol–water partition coefficient (Wildman–Crippen LogP) is 3.67. The van der Waals surface area contributed by atoms with E-state index < -0.39 is 11.8 Å². The topological polar surface area (TPSA) is 42.2 Å². The predicted molar refractivity (Wildman–Crippen MR) is 74.4 cm³/mol. The summed E-state index contributed by atoms with van der Waals surface area (Å²) in [6.07, 6.45) is 1.79. The van der Waals surface area contributed by atoms with Gasteiger partial charge >= 0.3 is 5.97 Å². The van der Waals surface area contributed by atoms with E-state index in [-0.39, 0.29) is 11.4 Å². The van der Waals surface area contributed by atoms with Gasteiger partial charge in [-0.15, -0.1) is 0 Å². The number of nitrogens with zero attached hydrogens (tertiary/aromatic N) is 1. The van der Waals surface area contributed by atoms with Crippen LogP contribution in [0.25, 0.3) is 10.9 Å². The fraction of sp³-hybridized carbons (Fsp3) is 0.0625. The molecule has 106 valence electrons. The zero-order chi connectivity index (χ0) is 15.0. The maximum atomic E-state index is 13.4. The fourth-order valence-electron chi connectivity index (χ4n) is 2.33. The zero-order valence-corrected chi connectivity index (χ0v) is 10.9. The van der Waals surface area contributed by atoms with Crippen molar-refractivity contribution >= 4 is 16.9 Å². The third kappa shape index (κ3) is 2.50. The highest BCUT2D eigenvalue weighted by molar-refractivity contribution is 5.88. The number of hydrogen-bond donors (Lipinski definition) is 1. The average Bonchev–Trinajstić information content (AvgIpc) is 2.83. The van der Waals surface area contributed by atoms with Crippen molar-refractivity contribution in [2.75, 3.05) is 0 Å². The summed E-state index contributed by atoms with van der Waals surface area (Å²) in [6, 6.07) is 10.3. The molecule has 0 atom stereocenters. The summed E-state index contributed by atoms with van der Waals surface area (Å²) in [5.41, 5.74) is 0.974. The minimum atomic E-state index is -1.31. The van der Waals surface area contributed by atoms with E-state index in [9.17, 15) is 13.6 Å². The molecule has 0 saturated carbocycles. The summed E-state index contributed by atoms with van der Waals surface area (Å²) in [7, 11) is 0. The minimum absolute atomic E-state index is 0.340. The molecule has 21 heavy (non-hydrogen) atoms. The van der Waals surface area contributed by atoms with Gasteiger partial charge in [0.2, 0.25) is 0 Å². The molecule has 0 fully saturated rings. The van der Waals surface area contributed by atoms with Crippen molar-refractivity contribution in [3.8, 4) is 0 Å². The lowest BCUT2D eigenvalue weighted by molar-refractivity contribution is 0.0691. The van der Waals surface area contributed by atoms with E-state index in [0.29, 0.717) is 17.6 Å². The van der Waals surface area contributed by atoms with E-state index >= 15 is 0 Å². The lowest BCUT2D eigenvalue weighted by Crippen LogP contribution is -2.04. The molecule has 3 nitrogen and oxygen atoms in total. The van der Waals surface area contributed by atoms with Gasteiger partial charge in [0.25, 0.3) is 0 Å². The number of halogens is 2. The van der Waals surface area contributed by atoms with Crippen LogP contribution in [0.1, 0.15) is 15.9 Å². The number of rotatable bonds is 3. The fourth-order valence-corrected chi connectivity index (χ4v) is 2.33. The van der Waals surface area contributed by atoms with E-state index in [0.717, 1.165) is 11.5 Å². The van der Waals surface area contributed by atoms with Gasteiger partial charge in [-0.1, -0.05) is 6.07 Å². The Labute approximate surface area is 119 Å². The molecule has 0 bridgehead atoms. The van der Waals surface area contributed by atoms with E-state index in [2.05, 4.69) is 0 Å². The summed E-state index contributed by atoms with van der Waals surface area (Å²) >= 11 is 0. The molecule has 1 aromatic heterocycles. The Morgan fingerprint density at radius 1 is 1.10 bits per heavy atom. The normalized spacial score (nSPS) is 11.0. The molecule has 0 radical (unpaired) electrons. The van der Waals surface area contributed by atoms with E-state index in [1.54, 1.807) is 16.8 Å². The molecule has 0 saturated heterocycles. The molecular formula is C16H11F2NO2. The van der Waals surface area contributed by atoms with Crippen molar-refractivity contribution in [2.45, 2.75) is 6.54 Å². The van der Waals surface area contributed by atoms with Crippen LogP contribution in [0, 0.1) is 11.6 Å². The van der Waals surface area contributed by atoms with Gasteiger partial charge in [0.1, 0.15) is 11.6 Å². The molecule has 2 aromatic carbocycles. The van der Waals surface area contributed by atoms with Gasteiger partial charge < -0.3 is 9.67 Å². The van der Waals surface area contributed by atoms with Crippen molar-refractivity contribution in [2.24, 2.45) is 0 Å². The van der Waals surface area contributed by atoms with Crippen LogP contribution in [0.2, 0.25) is 0 Å². The monoisotopic (exact) mass is 287 g/mol. The van der Waals surface area contributed by atoms with Crippen LogP contribution in [0.5, 0.6) is 0 Å². The highest BCUT2D eigenvalue weighted by atomic mass is 19.1. The molecule has 0 aliphatic carbocycles. The molecule has 0 amide bonds. The van der Waals surface area contributed by atoms with Crippen molar-refractivity contribution in [1.29, 1.82) is 0 Å². The van der Waals surface area contributed by atoms with Crippen LogP contribution in [0.15, 0.2) is 48.7 Å². The number of aromatic nitrogens is 1. The van der Waals surface area contributed by atoms with Gasteiger partial charge in [-0.2, -0.15) is 0 Å². The second-order valence-electron chi connectivity index (χ2n) is 4.77. The number of aromatic carboxylic acids is 1. The van der Waals surface area contributed by atoms with Gasteiger partial charge in [-0.25, -0.2) is 13.6 Å². The molecule has 1 heterocycles. The largest absolute Gasteiger partial charge is 0.478 e. The first kappa shape index (κ1) is 13.3. The molecule has 0 unspecified atom stereocenters. The number of hydrogen-bond acceptors (Lipinski definition) is 1. The molecule has 0 aliphatic rings. The first-order valence-corrected chi connectivity index (χ1v) is 6.31. The third-order valence-electron chi connectivity index (χ3n) is 3.35. The van der Waals surface area contributed by atoms with Crippen molar-refractivity contribution in [3.05, 3.63) is 71.4 Å². The van der Waals surface area contributed by atoms with Crippen molar-refractivity contribution in [1.82, 2.24) is 4.57 Å². The third-order valence-corrected chi connectivity index (χ3v) is 3.35. The summed E-state index contributed by atoms with van der Waals surface area (Å²) in [4.78, 5) is 10.9. The van der Waals surface area contributed by atoms with Crippen molar-refractivity contribution in [3.63, 3.8) is 0 Å². The molecule has 0 spiro atoms. The SMILES string of the molecule is O=C(O)c1cc(Cn2ccc3ccc(F)cc32)ccc1F. The number of fused-ring (bicyclic) bond motifs is 1. The number of carbonyl (C=O) groups is 1. The zero-order valence-electron chi connectivity index (χ0n) is 10.9. The standard InChI is InChI=1S/C16H11F2NO2/c17-12-3-2-11-5-6-19(15(11)8-12)9-10-1-4-14(18)13(7-10)16(20)21/h1-8H,9H2,(H,20,21). The quantitative estimate of drug-likeness (QED) is 0.798. The highest BCUT2D eigenvalue weighted by Crippen LogP contribution is 2.19. The molecular weight excluding hydrogens is 276 g/mol. The Bertz CT molecular complexity index is 839. The van der Waals surface area contributed by atoms with Crippen molar-refractivity contribution < 1.29 is 18.7 Å². The minimum Gasteiger partial charge on any atom is -0.478 e. The van der Waals surface area contributed by atoms with E-state index in [4.69, 9.17) is 5.11 Å². The molecule has 3 aromatic rings. The molecule has 3 rings (SSSR count). The second kappa shape index (κ2) is 5.01. The lowest BCUT2D eigenvalue weighted by atomic mass is 10.1. The van der Waals surface area contributed by atoms with Crippen LogP contribution in [-0.4, -0.2) is 15.6 Å². The summed E-state index contributed by atoms with van der Waals surface area (Å²) in [5, 5.41) is 9.81. The number of carboxylic acids is 1. The Hall–Kier alpha value is -2.69. The summed E-state index contributed by atoms with van der Waals surface area (Å²) in [5.74, 6) is -2.42. The van der Waals surface area contributed by atoms with E-state index in [1.807, 2.05) is 6.07 Å². The molecule has 5 heteroatoms. The molecule has 1 N–H and O–H groups in total. The van der Waals surface area contributed by atoms with Crippen LogP contribution < -0.4 is 0 Å². The van der Waals surface area contributed by atoms with Crippen LogP contribution in [-0.2, 0) is 6.54 Å². The first-order chi connectivity index (χ1) is 10.0. The Morgan fingerprint density at radius 2 is 1.90 bits per heavy atom. The maximum absolute atomic E-state index is 13.4.